The molecular formula is C18H34O2. The molecule has 118 valence electrons. The molecule has 0 aromatic rings. The maximum Gasteiger partial charge on any atom is 0.303 e. The highest BCUT2D eigenvalue weighted by Gasteiger charge is 2.34. The molecule has 2 unspecified atom stereocenters. The first-order valence-corrected chi connectivity index (χ1v) is 8.95. The van der Waals surface area contributed by atoms with Crippen LogP contribution in [-0.4, -0.2) is 11.1 Å². The van der Waals surface area contributed by atoms with Gasteiger partial charge in [-0.25, -0.2) is 0 Å². The summed E-state index contributed by atoms with van der Waals surface area (Å²) in [5, 5.41) is 8.54. The van der Waals surface area contributed by atoms with Crippen LogP contribution >= 0.6 is 0 Å². The zero-order chi connectivity index (χ0) is 14.6. The van der Waals surface area contributed by atoms with Gasteiger partial charge in [-0.1, -0.05) is 77.6 Å². The van der Waals surface area contributed by atoms with Crippen molar-refractivity contribution in [2.75, 3.05) is 0 Å². The first-order chi connectivity index (χ1) is 9.74. The molecule has 2 atom stereocenters. The van der Waals surface area contributed by atoms with E-state index in [0.29, 0.717) is 6.42 Å². The van der Waals surface area contributed by atoms with Gasteiger partial charge in [0.2, 0.25) is 0 Å². The minimum absolute atomic E-state index is 0.350. The first kappa shape index (κ1) is 17.5. The maximum absolute atomic E-state index is 10.4. The SMILES string of the molecule is CCCCCCCC1CC1CCCCCCCC(=O)O. The second-order valence-electron chi connectivity index (χ2n) is 6.66. The molecule has 1 saturated carbocycles. The summed E-state index contributed by atoms with van der Waals surface area (Å²) in [6, 6.07) is 0. The minimum atomic E-state index is -0.648. The normalized spacial score (nSPS) is 21.1. The fraction of sp³-hybridized carbons (Fsp3) is 0.944. The third-order valence-corrected chi connectivity index (χ3v) is 4.71. The fourth-order valence-corrected chi connectivity index (χ4v) is 3.24. The van der Waals surface area contributed by atoms with Gasteiger partial charge < -0.3 is 5.11 Å². The molecule has 1 rings (SSSR count). The summed E-state index contributed by atoms with van der Waals surface area (Å²) in [5.74, 6) is 1.45. The molecule has 20 heavy (non-hydrogen) atoms. The zero-order valence-electron chi connectivity index (χ0n) is 13.4. The van der Waals surface area contributed by atoms with Crippen molar-refractivity contribution in [1.29, 1.82) is 0 Å². The van der Waals surface area contributed by atoms with E-state index in [2.05, 4.69) is 6.92 Å². The number of hydrogen-bond acceptors (Lipinski definition) is 1. The van der Waals surface area contributed by atoms with Crippen molar-refractivity contribution < 1.29 is 9.90 Å². The van der Waals surface area contributed by atoms with E-state index in [1.54, 1.807) is 0 Å². The van der Waals surface area contributed by atoms with Gasteiger partial charge in [-0.15, -0.1) is 0 Å². The van der Waals surface area contributed by atoms with Crippen LogP contribution in [0.2, 0.25) is 0 Å². The van der Waals surface area contributed by atoms with Crippen LogP contribution < -0.4 is 0 Å². The molecule has 0 aromatic heterocycles. The van der Waals surface area contributed by atoms with Crippen molar-refractivity contribution in [3.8, 4) is 0 Å². The maximum atomic E-state index is 10.4. The van der Waals surface area contributed by atoms with E-state index in [1.807, 2.05) is 0 Å². The lowest BCUT2D eigenvalue weighted by molar-refractivity contribution is -0.137. The number of carboxylic acids is 1. The van der Waals surface area contributed by atoms with Gasteiger partial charge in [0.05, 0.1) is 0 Å². The van der Waals surface area contributed by atoms with Crippen molar-refractivity contribution in [3.63, 3.8) is 0 Å². The molecule has 0 aliphatic heterocycles. The second kappa shape index (κ2) is 11.2. The average molecular weight is 282 g/mol. The lowest BCUT2D eigenvalue weighted by Crippen LogP contribution is -1.93. The lowest BCUT2D eigenvalue weighted by Gasteiger charge is -2.02. The van der Waals surface area contributed by atoms with E-state index in [-0.39, 0.29) is 0 Å². The van der Waals surface area contributed by atoms with Crippen molar-refractivity contribution in [2.45, 2.75) is 96.8 Å². The summed E-state index contributed by atoms with van der Waals surface area (Å²) in [4.78, 5) is 10.4. The van der Waals surface area contributed by atoms with E-state index in [9.17, 15) is 4.79 Å². The molecule has 0 heterocycles. The Balaban J connectivity index is 1.77. The highest BCUT2D eigenvalue weighted by Crippen LogP contribution is 2.45. The zero-order valence-corrected chi connectivity index (χ0v) is 13.4. The van der Waals surface area contributed by atoms with Crippen LogP contribution in [0.5, 0.6) is 0 Å². The third kappa shape index (κ3) is 9.39. The van der Waals surface area contributed by atoms with Gasteiger partial charge in [0.15, 0.2) is 0 Å². The molecular weight excluding hydrogens is 248 g/mol. The highest BCUT2D eigenvalue weighted by molar-refractivity contribution is 5.66. The Bertz CT molecular complexity index is 250. The number of hydrogen-bond donors (Lipinski definition) is 1. The number of carbonyl (C=O) groups is 1. The van der Waals surface area contributed by atoms with Gasteiger partial charge in [-0.2, -0.15) is 0 Å². The van der Waals surface area contributed by atoms with Crippen molar-refractivity contribution in [3.05, 3.63) is 0 Å². The van der Waals surface area contributed by atoms with E-state index >= 15 is 0 Å². The summed E-state index contributed by atoms with van der Waals surface area (Å²) in [7, 11) is 0. The van der Waals surface area contributed by atoms with Crippen LogP contribution in [0.1, 0.15) is 96.8 Å². The van der Waals surface area contributed by atoms with Crippen LogP contribution in [0, 0.1) is 11.8 Å². The summed E-state index contributed by atoms with van der Waals surface area (Å²) in [6.45, 7) is 2.28. The molecule has 0 radical (unpaired) electrons. The molecule has 0 bridgehead atoms. The van der Waals surface area contributed by atoms with E-state index in [4.69, 9.17) is 5.11 Å². The van der Waals surface area contributed by atoms with Crippen LogP contribution in [-0.2, 0) is 4.79 Å². The average Bonchev–Trinajstić information content (AvgIpc) is 3.15. The molecule has 1 aliphatic carbocycles. The summed E-state index contributed by atoms with van der Waals surface area (Å²) < 4.78 is 0. The molecule has 0 spiro atoms. The minimum Gasteiger partial charge on any atom is -0.481 e. The molecule has 2 nitrogen and oxygen atoms in total. The summed E-state index contributed by atoms with van der Waals surface area (Å²) in [5.41, 5.74) is 0. The van der Waals surface area contributed by atoms with Crippen LogP contribution in [0.15, 0.2) is 0 Å². The number of unbranched alkanes of at least 4 members (excludes halogenated alkanes) is 8. The largest absolute Gasteiger partial charge is 0.481 e. The molecule has 0 amide bonds. The molecule has 1 aliphatic rings. The Kier molecular flexibility index (Phi) is 9.78. The van der Waals surface area contributed by atoms with Gasteiger partial charge in [0, 0.05) is 6.42 Å². The Morgan fingerprint density at radius 3 is 1.90 bits per heavy atom. The van der Waals surface area contributed by atoms with Gasteiger partial charge in [0.25, 0.3) is 0 Å². The Labute approximate surface area is 125 Å². The van der Waals surface area contributed by atoms with E-state index < -0.39 is 5.97 Å². The standard InChI is InChI=1S/C18H34O2/c1-2-3-4-6-9-12-16-15-17(16)13-10-7-5-8-11-14-18(19)20/h16-17H,2-15H2,1H3,(H,19,20). The fourth-order valence-electron chi connectivity index (χ4n) is 3.24. The Hall–Kier alpha value is -0.530. The van der Waals surface area contributed by atoms with Gasteiger partial charge in [-0.3, -0.25) is 4.79 Å². The second-order valence-corrected chi connectivity index (χ2v) is 6.66. The predicted molar refractivity (Wildman–Crippen MR) is 84.9 cm³/mol. The lowest BCUT2D eigenvalue weighted by atomic mass is 10.0. The molecule has 1 N–H and O–H groups in total. The van der Waals surface area contributed by atoms with Crippen molar-refractivity contribution in [2.24, 2.45) is 11.8 Å². The van der Waals surface area contributed by atoms with E-state index in [1.165, 1.54) is 70.6 Å². The monoisotopic (exact) mass is 282 g/mol. The van der Waals surface area contributed by atoms with Crippen molar-refractivity contribution in [1.82, 2.24) is 0 Å². The smallest absolute Gasteiger partial charge is 0.303 e. The first-order valence-electron chi connectivity index (χ1n) is 8.95. The summed E-state index contributed by atoms with van der Waals surface area (Å²) in [6.07, 6.45) is 17.7. The molecule has 0 saturated heterocycles. The van der Waals surface area contributed by atoms with Crippen LogP contribution in [0.25, 0.3) is 0 Å². The quantitative estimate of drug-likeness (QED) is 0.409. The topological polar surface area (TPSA) is 37.3 Å². The number of rotatable bonds is 14. The van der Waals surface area contributed by atoms with E-state index in [0.717, 1.165) is 24.7 Å². The van der Waals surface area contributed by atoms with Gasteiger partial charge >= 0.3 is 5.97 Å². The van der Waals surface area contributed by atoms with Gasteiger partial charge in [0.1, 0.15) is 0 Å². The van der Waals surface area contributed by atoms with Crippen LogP contribution in [0.4, 0.5) is 0 Å². The predicted octanol–water partition coefficient (Wildman–Crippen LogP) is 5.80. The number of carboxylic acid groups (broad SMARTS) is 1. The highest BCUT2D eigenvalue weighted by atomic mass is 16.4. The van der Waals surface area contributed by atoms with Crippen molar-refractivity contribution >= 4 is 5.97 Å². The van der Waals surface area contributed by atoms with Crippen LogP contribution in [0.3, 0.4) is 0 Å². The molecule has 1 fully saturated rings. The number of aliphatic carboxylic acids is 1. The Morgan fingerprint density at radius 1 is 0.850 bits per heavy atom. The Morgan fingerprint density at radius 2 is 1.35 bits per heavy atom. The van der Waals surface area contributed by atoms with Gasteiger partial charge in [-0.05, 0) is 24.7 Å². The third-order valence-electron chi connectivity index (χ3n) is 4.71. The summed E-state index contributed by atoms with van der Waals surface area (Å²) >= 11 is 0. The molecule has 0 aromatic carbocycles. The molecule has 2 heteroatoms.